The molecule has 0 saturated heterocycles. The Kier molecular flexibility index (Phi) is 3.57. The van der Waals surface area contributed by atoms with Crippen LogP contribution in [0.4, 0.5) is 0 Å². The summed E-state index contributed by atoms with van der Waals surface area (Å²) >= 11 is 1.42. The van der Waals surface area contributed by atoms with Crippen molar-refractivity contribution in [3.63, 3.8) is 0 Å². The van der Waals surface area contributed by atoms with Crippen LogP contribution in [0.1, 0.15) is 12.6 Å². The van der Waals surface area contributed by atoms with Crippen LogP contribution in [-0.4, -0.2) is 27.3 Å². The van der Waals surface area contributed by atoms with Crippen molar-refractivity contribution in [1.82, 2.24) is 14.8 Å². The molecular formula is C12H13N3O2S. The predicted molar refractivity (Wildman–Crippen MR) is 70.0 cm³/mol. The monoisotopic (exact) mass is 263 g/mol. The highest BCUT2D eigenvalue weighted by atomic mass is 32.1. The van der Waals surface area contributed by atoms with Crippen molar-refractivity contribution in [3.05, 3.63) is 29.9 Å². The van der Waals surface area contributed by atoms with Crippen molar-refractivity contribution in [2.45, 2.75) is 6.92 Å². The van der Waals surface area contributed by atoms with Crippen molar-refractivity contribution in [2.24, 2.45) is 7.05 Å². The molecule has 0 aromatic carbocycles. The Balaban J connectivity index is 2.20. The van der Waals surface area contributed by atoms with Gasteiger partial charge in [-0.05, 0) is 13.0 Å². The van der Waals surface area contributed by atoms with E-state index in [2.05, 4.69) is 16.7 Å². The molecule has 2 aromatic heterocycles. The van der Waals surface area contributed by atoms with Gasteiger partial charge in [0.1, 0.15) is 10.7 Å². The molecule has 0 aliphatic heterocycles. The van der Waals surface area contributed by atoms with Crippen molar-refractivity contribution in [3.8, 4) is 10.7 Å². The van der Waals surface area contributed by atoms with E-state index < -0.39 is 5.97 Å². The van der Waals surface area contributed by atoms with Gasteiger partial charge in [0.25, 0.3) is 0 Å². The van der Waals surface area contributed by atoms with Crippen LogP contribution in [0.3, 0.4) is 0 Å². The zero-order valence-corrected chi connectivity index (χ0v) is 11.0. The summed E-state index contributed by atoms with van der Waals surface area (Å²) in [4.78, 5) is 15.9. The number of carbonyl (C=O) groups excluding carboxylic acids is 1. The molecule has 2 aromatic rings. The molecule has 0 fully saturated rings. The molecule has 0 bridgehead atoms. The summed E-state index contributed by atoms with van der Waals surface area (Å²) in [7, 11) is 1.84. The summed E-state index contributed by atoms with van der Waals surface area (Å²) in [5, 5.41) is 6.79. The van der Waals surface area contributed by atoms with Gasteiger partial charge in [-0.15, -0.1) is 11.3 Å². The Labute approximate surface area is 109 Å². The topological polar surface area (TPSA) is 57.0 Å². The minimum Gasteiger partial charge on any atom is -0.462 e. The number of nitrogens with zero attached hydrogens (tertiary/aromatic N) is 3. The van der Waals surface area contributed by atoms with Crippen LogP contribution >= 0.6 is 11.3 Å². The smallest absolute Gasteiger partial charge is 0.339 e. The molecule has 0 saturated carbocycles. The molecule has 6 heteroatoms. The van der Waals surface area contributed by atoms with E-state index in [1.165, 1.54) is 11.3 Å². The van der Waals surface area contributed by atoms with Gasteiger partial charge in [0.15, 0.2) is 0 Å². The minimum absolute atomic E-state index is 0.273. The van der Waals surface area contributed by atoms with Crippen molar-refractivity contribution < 1.29 is 9.53 Å². The number of aryl methyl sites for hydroxylation is 1. The normalized spacial score (nSPS) is 10.3. The number of hydrogen-bond donors (Lipinski definition) is 0. The Morgan fingerprint density at radius 3 is 3.00 bits per heavy atom. The molecule has 18 heavy (non-hydrogen) atoms. The highest BCUT2D eigenvalue weighted by molar-refractivity contribution is 7.13. The Morgan fingerprint density at radius 2 is 2.39 bits per heavy atom. The lowest BCUT2D eigenvalue weighted by atomic mass is 10.2. The molecule has 5 nitrogen and oxygen atoms in total. The molecular weight excluding hydrogens is 250 g/mol. The summed E-state index contributed by atoms with van der Waals surface area (Å²) in [5.74, 6) is -0.435. The highest BCUT2D eigenvalue weighted by Crippen LogP contribution is 2.25. The number of carbonyl (C=O) groups is 1. The lowest BCUT2D eigenvalue weighted by molar-refractivity contribution is -0.136. The number of rotatable bonds is 4. The fourth-order valence-electron chi connectivity index (χ4n) is 1.38. The molecule has 0 atom stereocenters. The minimum atomic E-state index is -0.435. The largest absolute Gasteiger partial charge is 0.462 e. The maximum atomic E-state index is 11.5. The molecule has 2 heterocycles. The zero-order valence-electron chi connectivity index (χ0n) is 10.2. The van der Waals surface area contributed by atoms with E-state index in [-0.39, 0.29) is 5.57 Å². The van der Waals surface area contributed by atoms with Gasteiger partial charge in [0, 0.05) is 18.6 Å². The Morgan fingerprint density at radius 1 is 1.61 bits per heavy atom. The maximum absolute atomic E-state index is 11.5. The predicted octanol–water partition coefficient (Wildman–Crippen LogP) is 2.12. The molecule has 0 amide bonds. The van der Waals surface area contributed by atoms with Crippen LogP contribution in [0, 0.1) is 0 Å². The zero-order chi connectivity index (χ0) is 13.1. The highest BCUT2D eigenvalue weighted by Gasteiger charge is 2.15. The van der Waals surface area contributed by atoms with E-state index in [9.17, 15) is 4.79 Å². The number of thiazole rings is 1. The maximum Gasteiger partial charge on any atom is 0.339 e. The molecule has 0 aliphatic rings. The summed E-state index contributed by atoms with van der Waals surface area (Å²) < 4.78 is 6.59. The van der Waals surface area contributed by atoms with Gasteiger partial charge in [-0.3, -0.25) is 4.68 Å². The first-order valence-electron chi connectivity index (χ1n) is 5.43. The number of hydrogen-bond acceptors (Lipinski definition) is 5. The van der Waals surface area contributed by atoms with Crippen molar-refractivity contribution >= 4 is 22.9 Å². The lowest BCUT2D eigenvalue weighted by Crippen LogP contribution is -2.05. The van der Waals surface area contributed by atoms with E-state index in [1.807, 2.05) is 19.3 Å². The first-order chi connectivity index (χ1) is 8.61. The average Bonchev–Trinajstić information content (AvgIpc) is 2.96. The fourth-order valence-corrected chi connectivity index (χ4v) is 2.18. The second-order valence-corrected chi connectivity index (χ2v) is 4.47. The van der Waals surface area contributed by atoms with E-state index >= 15 is 0 Å². The third kappa shape index (κ3) is 2.48. The van der Waals surface area contributed by atoms with Gasteiger partial charge >= 0.3 is 5.97 Å². The lowest BCUT2D eigenvalue weighted by Gasteiger charge is -2.01. The van der Waals surface area contributed by atoms with Crippen LogP contribution in [0.25, 0.3) is 16.3 Å². The number of ether oxygens (including phenoxy) is 1. The van der Waals surface area contributed by atoms with Gasteiger partial charge in [-0.25, -0.2) is 9.78 Å². The second kappa shape index (κ2) is 5.14. The van der Waals surface area contributed by atoms with E-state index in [0.29, 0.717) is 12.3 Å². The number of aromatic nitrogens is 3. The fraction of sp³-hybridized carbons (Fsp3) is 0.250. The van der Waals surface area contributed by atoms with Crippen LogP contribution < -0.4 is 0 Å². The summed E-state index contributed by atoms with van der Waals surface area (Å²) in [6, 6.07) is 1.87. The molecule has 0 N–H and O–H groups in total. The van der Waals surface area contributed by atoms with Crippen LogP contribution in [-0.2, 0) is 16.6 Å². The Hall–Kier alpha value is -1.95. The van der Waals surface area contributed by atoms with Crippen molar-refractivity contribution in [1.29, 1.82) is 0 Å². The molecule has 94 valence electrons. The van der Waals surface area contributed by atoms with Crippen LogP contribution in [0.2, 0.25) is 0 Å². The molecule has 0 radical (unpaired) electrons. The first kappa shape index (κ1) is 12.5. The van der Waals surface area contributed by atoms with Gasteiger partial charge in [0.2, 0.25) is 0 Å². The van der Waals surface area contributed by atoms with Gasteiger partial charge in [0.05, 0.1) is 17.9 Å². The summed E-state index contributed by atoms with van der Waals surface area (Å²) in [5.41, 5.74) is 1.60. The molecule has 0 spiro atoms. The van der Waals surface area contributed by atoms with Gasteiger partial charge < -0.3 is 4.74 Å². The van der Waals surface area contributed by atoms with E-state index in [4.69, 9.17) is 4.74 Å². The SMILES string of the molecule is C=C(C(=O)OCC)c1csc(-c2ccn(C)n2)n1. The van der Waals surface area contributed by atoms with Gasteiger partial charge in [-0.1, -0.05) is 6.58 Å². The summed E-state index contributed by atoms with van der Waals surface area (Å²) in [6.07, 6.45) is 1.84. The van der Waals surface area contributed by atoms with Gasteiger partial charge in [-0.2, -0.15) is 5.10 Å². The second-order valence-electron chi connectivity index (χ2n) is 3.61. The average molecular weight is 263 g/mol. The molecule has 2 rings (SSSR count). The molecule has 0 unspecified atom stereocenters. The van der Waals surface area contributed by atoms with E-state index in [1.54, 1.807) is 17.0 Å². The standard InChI is InChI=1S/C12H13N3O2S/c1-4-17-12(16)8(2)10-7-18-11(13-10)9-5-6-15(3)14-9/h5-7H,2,4H2,1,3H3. The van der Waals surface area contributed by atoms with Crippen LogP contribution in [0.15, 0.2) is 24.2 Å². The first-order valence-corrected chi connectivity index (χ1v) is 6.31. The Bertz CT molecular complexity index is 586. The molecule has 0 aliphatic carbocycles. The van der Waals surface area contributed by atoms with Crippen LogP contribution in [0.5, 0.6) is 0 Å². The third-order valence-electron chi connectivity index (χ3n) is 2.27. The summed E-state index contributed by atoms with van der Waals surface area (Å²) in [6.45, 7) is 5.78. The van der Waals surface area contributed by atoms with E-state index in [0.717, 1.165) is 10.7 Å². The third-order valence-corrected chi connectivity index (χ3v) is 3.13. The number of esters is 1. The van der Waals surface area contributed by atoms with Crippen molar-refractivity contribution in [2.75, 3.05) is 6.61 Å². The quantitative estimate of drug-likeness (QED) is 0.626.